The van der Waals surface area contributed by atoms with Crippen molar-refractivity contribution in [1.29, 1.82) is 5.26 Å². The maximum Gasteiger partial charge on any atom is 0.179 e. The van der Waals surface area contributed by atoms with Crippen LogP contribution in [-0.4, -0.2) is 40.5 Å². The Labute approximate surface area is 126 Å². The molecule has 0 amide bonds. The summed E-state index contributed by atoms with van der Waals surface area (Å²) in [5.41, 5.74) is 0.358. The summed E-state index contributed by atoms with van der Waals surface area (Å²) in [5.74, 6) is 0.0255. The second kappa shape index (κ2) is 9.50. The molecule has 0 fully saturated rings. The predicted molar refractivity (Wildman–Crippen MR) is 81.8 cm³/mol. The first-order valence-electron chi connectivity index (χ1n) is 7.11. The van der Waals surface area contributed by atoms with Gasteiger partial charge in [0.1, 0.15) is 0 Å². The fraction of sp³-hybridized carbons (Fsp3) is 0.533. The van der Waals surface area contributed by atoms with Crippen molar-refractivity contribution in [3.05, 3.63) is 29.8 Å². The summed E-state index contributed by atoms with van der Waals surface area (Å²) in [5, 5.41) is 11.9. The summed E-state index contributed by atoms with van der Waals surface area (Å²) in [6, 6.07) is 8.06. The van der Waals surface area contributed by atoms with Crippen LogP contribution in [0.5, 0.6) is 0 Å². The highest BCUT2D eigenvalue weighted by Crippen LogP contribution is 2.12. The Balaban J connectivity index is 2.32. The van der Waals surface area contributed by atoms with Crippen LogP contribution in [0.3, 0.4) is 0 Å². The van der Waals surface area contributed by atoms with Gasteiger partial charge in [0.05, 0.1) is 22.3 Å². The summed E-state index contributed by atoms with van der Waals surface area (Å²) in [4.78, 5) is 0.203. The highest BCUT2D eigenvalue weighted by Gasteiger charge is 2.14. The van der Waals surface area contributed by atoms with Crippen molar-refractivity contribution in [3.63, 3.8) is 0 Å². The lowest BCUT2D eigenvalue weighted by molar-refractivity contribution is 0.132. The summed E-state index contributed by atoms with van der Waals surface area (Å²) in [6.07, 6.45) is 1.87. The van der Waals surface area contributed by atoms with Crippen LogP contribution in [0, 0.1) is 11.3 Å². The van der Waals surface area contributed by atoms with E-state index >= 15 is 0 Å². The normalized spacial score (nSPS) is 11.2. The first kappa shape index (κ1) is 17.6. The van der Waals surface area contributed by atoms with Gasteiger partial charge in [0.25, 0.3) is 0 Å². The van der Waals surface area contributed by atoms with Crippen LogP contribution >= 0.6 is 0 Å². The molecule has 116 valence electrons. The smallest absolute Gasteiger partial charge is 0.179 e. The molecule has 0 bridgehead atoms. The van der Waals surface area contributed by atoms with Gasteiger partial charge in [0.2, 0.25) is 0 Å². The first-order chi connectivity index (χ1) is 10.1. The number of nitrogens with zero attached hydrogens (tertiary/aromatic N) is 1. The average Bonchev–Trinajstić information content (AvgIpc) is 2.50. The standard InChI is InChI=1S/C15H22N2O3S/c1-2-9-20-10-4-7-17-8-11-21(18,19)15-6-3-5-14(12-15)13-16/h3,5-6,12,17H,2,4,7-11H2,1H3. The number of ether oxygens (including phenoxy) is 1. The molecule has 0 aliphatic carbocycles. The van der Waals surface area contributed by atoms with E-state index in [2.05, 4.69) is 12.2 Å². The van der Waals surface area contributed by atoms with Crippen molar-refractivity contribution >= 4 is 9.84 Å². The minimum Gasteiger partial charge on any atom is -0.381 e. The van der Waals surface area contributed by atoms with Gasteiger partial charge in [-0.1, -0.05) is 13.0 Å². The fourth-order valence-corrected chi connectivity index (χ4v) is 3.00. The molecule has 0 heterocycles. The fourth-order valence-electron chi connectivity index (χ4n) is 1.75. The third kappa shape index (κ3) is 6.71. The van der Waals surface area contributed by atoms with Crippen molar-refractivity contribution in [1.82, 2.24) is 5.32 Å². The second-order valence-corrected chi connectivity index (χ2v) is 6.78. The van der Waals surface area contributed by atoms with Gasteiger partial charge in [0, 0.05) is 19.8 Å². The molecule has 1 aromatic carbocycles. The molecule has 0 saturated carbocycles. The van der Waals surface area contributed by atoms with Gasteiger partial charge >= 0.3 is 0 Å². The molecule has 5 nitrogen and oxygen atoms in total. The van der Waals surface area contributed by atoms with E-state index in [1.807, 2.05) is 6.07 Å². The van der Waals surface area contributed by atoms with Gasteiger partial charge in [-0.25, -0.2) is 8.42 Å². The third-order valence-corrected chi connectivity index (χ3v) is 4.57. The Kier molecular flexibility index (Phi) is 7.98. The molecule has 0 aliphatic rings. The molecule has 1 aromatic rings. The Hall–Kier alpha value is -1.42. The third-order valence-electron chi connectivity index (χ3n) is 2.86. The second-order valence-electron chi connectivity index (χ2n) is 4.67. The van der Waals surface area contributed by atoms with Crippen LogP contribution in [0.4, 0.5) is 0 Å². The minimum atomic E-state index is -3.34. The van der Waals surface area contributed by atoms with Crippen LogP contribution in [-0.2, 0) is 14.6 Å². The molecule has 0 aromatic heterocycles. The van der Waals surface area contributed by atoms with E-state index in [9.17, 15) is 8.42 Å². The van der Waals surface area contributed by atoms with Crippen LogP contribution in [0.15, 0.2) is 29.2 Å². The van der Waals surface area contributed by atoms with Crippen molar-refractivity contribution in [3.8, 4) is 6.07 Å². The van der Waals surface area contributed by atoms with E-state index in [0.717, 1.165) is 26.0 Å². The molecule has 0 unspecified atom stereocenters. The highest BCUT2D eigenvalue weighted by molar-refractivity contribution is 7.91. The van der Waals surface area contributed by atoms with Gasteiger partial charge < -0.3 is 10.1 Å². The number of hydrogen-bond donors (Lipinski definition) is 1. The number of sulfone groups is 1. The van der Waals surface area contributed by atoms with Crippen LogP contribution < -0.4 is 5.32 Å². The van der Waals surface area contributed by atoms with Crippen molar-refractivity contribution in [2.24, 2.45) is 0 Å². The topological polar surface area (TPSA) is 79.2 Å². The lowest BCUT2D eigenvalue weighted by atomic mass is 10.2. The molecule has 21 heavy (non-hydrogen) atoms. The Bertz CT molecular complexity index is 565. The largest absolute Gasteiger partial charge is 0.381 e. The molecule has 1 rings (SSSR count). The lowest BCUT2D eigenvalue weighted by Gasteiger charge is -2.07. The SMILES string of the molecule is CCCOCCCNCCS(=O)(=O)c1cccc(C#N)c1. The van der Waals surface area contributed by atoms with Crippen molar-refractivity contribution in [2.75, 3.05) is 32.1 Å². The Morgan fingerprint density at radius 3 is 2.81 bits per heavy atom. The zero-order chi connectivity index (χ0) is 15.6. The van der Waals surface area contributed by atoms with Crippen LogP contribution in [0.1, 0.15) is 25.3 Å². The molecule has 0 atom stereocenters. The van der Waals surface area contributed by atoms with E-state index in [-0.39, 0.29) is 10.6 Å². The molecule has 0 saturated heterocycles. The van der Waals surface area contributed by atoms with Crippen LogP contribution in [0.2, 0.25) is 0 Å². The first-order valence-corrected chi connectivity index (χ1v) is 8.76. The van der Waals surface area contributed by atoms with Gasteiger partial charge in [-0.3, -0.25) is 0 Å². The summed E-state index contributed by atoms with van der Waals surface area (Å²) in [6.45, 7) is 4.65. The van der Waals surface area contributed by atoms with Crippen molar-refractivity contribution in [2.45, 2.75) is 24.7 Å². The van der Waals surface area contributed by atoms with Crippen LogP contribution in [0.25, 0.3) is 0 Å². The van der Waals surface area contributed by atoms with E-state index in [4.69, 9.17) is 10.00 Å². The van der Waals surface area contributed by atoms with Gasteiger partial charge in [0.15, 0.2) is 9.84 Å². The summed E-state index contributed by atoms with van der Waals surface area (Å²) < 4.78 is 29.5. The maximum absolute atomic E-state index is 12.1. The zero-order valence-electron chi connectivity index (χ0n) is 12.3. The Morgan fingerprint density at radius 2 is 2.10 bits per heavy atom. The molecule has 6 heteroatoms. The predicted octanol–water partition coefficient (Wildman–Crippen LogP) is 1.74. The lowest BCUT2D eigenvalue weighted by Crippen LogP contribution is -2.24. The number of nitriles is 1. The quantitative estimate of drug-likeness (QED) is 0.666. The molecule has 0 radical (unpaired) electrons. The minimum absolute atomic E-state index is 0.0255. The van der Waals surface area contributed by atoms with E-state index < -0.39 is 9.84 Å². The molecule has 1 N–H and O–H groups in total. The number of hydrogen-bond acceptors (Lipinski definition) is 5. The average molecular weight is 310 g/mol. The maximum atomic E-state index is 12.1. The van der Waals surface area contributed by atoms with Gasteiger partial charge in [-0.05, 0) is 37.6 Å². The van der Waals surface area contributed by atoms with Gasteiger partial charge in [-0.2, -0.15) is 5.26 Å². The zero-order valence-corrected chi connectivity index (χ0v) is 13.2. The van der Waals surface area contributed by atoms with E-state index in [0.29, 0.717) is 18.7 Å². The van der Waals surface area contributed by atoms with Gasteiger partial charge in [-0.15, -0.1) is 0 Å². The summed E-state index contributed by atoms with van der Waals surface area (Å²) in [7, 11) is -3.34. The monoisotopic (exact) mass is 310 g/mol. The molecule has 0 aliphatic heterocycles. The number of nitrogens with one attached hydrogen (secondary N) is 1. The summed E-state index contributed by atoms with van der Waals surface area (Å²) >= 11 is 0. The molecular formula is C15H22N2O3S. The number of benzene rings is 1. The van der Waals surface area contributed by atoms with E-state index in [1.165, 1.54) is 12.1 Å². The number of rotatable bonds is 10. The van der Waals surface area contributed by atoms with Crippen molar-refractivity contribution < 1.29 is 13.2 Å². The molecule has 0 spiro atoms. The molecular weight excluding hydrogens is 288 g/mol. The van der Waals surface area contributed by atoms with E-state index in [1.54, 1.807) is 12.1 Å². The Morgan fingerprint density at radius 1 is 1.29 bits per heavy atom. The highest BCUT2D eigenvalue weighted by atomic mass is 32.2.